The lowest BCUT2D eigenvalue weighted by atomic mass is 9.94. The molecule has 292 valence electrons. The summed E-state index contributed by atoms with van der Waals surface area (Å²) in [7, 11) is 0. The number of carbonyl (C=O) groups is 2. The predicted molar refractivity (Wildman–Crippen MR) is 209 cm³/mol. The Kier molecular flexibility index (Phi) is 37.2. The minimum Gasteiger partial charge on any atom is -0.465 e. The predicted octanol–water partition coefficient (Wildman–Crippen LogP) is 12.1. The largest absolute Gasteiger partial charge is 0.465 e. The number of esters is 2. The van der Waals surface area contributed by atoms with Gasteiger partial charge < -0.3 is 19.5 Å². The van der Waals surface area contributed by atoms with Gasteiger partial charge in [-0.15, -0.1) is 0 Å². The van der Waals surface area contributed by atoms with E-state index in [-0.39, 0.29) is 30.6 Å². The molecule has 0 aliphatic rings. The molecular weight excluding hydrogens is 610 g/mol. The van der Waals surface area contributed by atoms with Crippen LogP contribution in [-0.2, 0) is 19.1 Å². The van der Waals surface area contributed by atoms with Gasteiger partial charge in [0.05, 0.1) is 25.2 Å². The van der Waals surface area contributed by atoms with E-state index >= 15 is 0 Å². The maximum Gasteiger partial charge on any atom is 0.308 e. The monoisotopic (exact) mass is 696 g/mol. The summed E-state index contributed by atoms with van der Waals surface area (Å²) in [6.45, 7) is 12.4. The van der Waals surface area contributed by atoms with Crippen molar-refractivity contribution >= 4 is 11.9 Å². The molecule has 0 aliphatic heterocycles. The van der Waals surface area contributed by atoms with Crippen LogP contribution in [0.2, 0.25) is 0 Å². The summed E-state index contributed by atoms with van der Waals surface area (Å²) < 4.78 is 11.4. The van der Waals surface area contributed by atoms with Crippen molar-refractivity contribution in [2.24, 2.45) is 5.92 Å². The minimum absolute atomic E-state index is 0.0165. The first-order valence-corrected chi connectivity index (χ1v) is 21.7. The standard InChI is InChI=1S/C43H85NO5/c1-5-8-11-14-18-25-32-41(33-26-19-15-12-9-6-2)43(47)48-39-30-23-16-21-28-35-44(37-38-45)36-29-22-20-24-31-40(4)49-42(46)34-27-17-13-10-7-3/h40-41,45H,5-39H2,1-4H3. The second-order valence-corrected chi connectivity index (χ2v) is 15.0. The summed E-state index contributed by atoms with van der Waals surface area (Å²) >= 11 is 0. The maximum absolute atomic E-state index is 13.0. The summed E-state index contributed by atoms with van der Waals surface area (Å²) in [5.41, 5.74) is 0. The molecule has 6 heteroatoms. The van der Waals surface area contributed by atoms with Crippen LogP contribution < -0.4 is 0 Å². The number of hydrogen-bond acceptors (Lipinski definition) is 6. The van der Waals surface area contributed by atoms with Crippen molar-refractivity contribution in [3.8, 4) is 0 Å². The molecule has 1 N–H and O–H groups in total. The fraction of sp³-hybridized carbons (Fsp3) is 0.953. The molecule has 1 atom stereocenters. The number of unbranched alkanes of at least 4 members (excludes halogenated alkanes) is 21. The highest BCUT2D eigenvalue weighted by atomic mass is 16.5. The first kappa shape index (κ1) is 47.9. The van der Waals surface area contributed by atoms with E-state index in [1.54, 1.807) is 0 Å². The van der Waals surface area contributed by atoms with Gasteiger partial charge in [0.25, 0.3) is 0 Å². The lowest BCUT2D eigenvalue weighted by Crippen LogP contribution is -2.29. The van der Waals surface area contributed by atoms with Crippen molar-refractivity contribution in [1.82, 2.24) is 4.90 Å². The van der Waals surface area contributed by atoms with Gasteiger partial charge in [0.1, 0.15) is 0 Å². The van der Waals surface area contributed by atoms with Crippen LogP contribution in [0.3, 0.4) is 0 Å². The molecule has 6 nitrogen and oxygen atoms in total. The van der Waals surface area contributed by atoms with E-state index < -0.39 is 0 Å². The number of nitrogens with zero attached hydrogens (tertiary/aromatic N) is 1. The van der Waals surface area contributed by atoms with Gasteiger partial charge in [-0.2, -0.15) is 0 Å². The van der Waals surface area contributed by atoms with Crippen LogP contribution in [0.1, 0.15) is 220 Å². The molecule has 49 heavy (non-hydrogen) atoms. The lowest BCUT2D eigenvalue weighted by molar-refractivity contribution is -0.150. The number of aliphatic hydroxyl groups excluding tert-OH is 1. The van der Waals surface area contributed by atoms with Gasteiger partial charge in [0.2, 0.25) is 0 Å². The summed E-state index contributed by atoms with van der Waals surface area (Å²) in [6.07, 6.45) is 34.7. The van der Waals surface area contributed by atoms with Crippen LogP contribution in [0.25, 0.3) is 0 Å². The Morgan fingerprint density at radius 1 is 0.531 bits per heavy atom. The van der Waals surface area contributed by atoms with Crippen LogP contribution in [0.15, 0.2) is 0 Å². The van der Waals surface area contributed by atoms with Crippen LogP contribution >= 0.6 is 0 Å². The molecule has 0 heterocycles. The average molecular weight is 696 g/mol. The maximum atomic E-state index is 13.0. The Morgan fingerprint density at radius 2 is 0.959 bits per heavy atom. The average Bonchev–Trinajstić information content (AvgIpc) is 3.09. The van der Waals surface area contributed by atoms with Gasteiger partial charge in [-0.25, -0.2) is 0 Å². The minimum atomic E-state index is -0.0339. The zero-order valence-electron chi connectivity index (χ0n) is 33.4. The zero-order valence-corrected chi connectivity index (χ0v) is 33.4. The molecule has 0 saturated heterocycles. The number of carbonyl (C=O) groups excluding carboxylic acids is 2. The van der Waals surface area contributed by atoms with Crippen LogP contribution in [0.5, 0.6) is 0 Å². The quantitative estimate of drug-likeness (QED) is 0.0509. The normalized spacial score (nSPS) is 12.2. The van der Waals surface area contributed by atoms with Crippen molar-refractivity contribution in [2.45, 2.75) is 226 Å². The molecule has 0 spiro atoms. The molecule has 0 aromatic rings. The van der Waals surface area contributed by atoms with Crippen molar-refractivity contribution in [3.05, 3.63) is 0 Å². The second-order valence-electron chi connectivity index (χ2n) is 15.0. The van der Waals surface area contributed by atoms with Gasteiger partial charge >= 0.3 is 11.9 Å². The summed E-state index contributed by atoms with van der Waals surface area (Å²) in [6, 6.07) is 0. The van der Waals surface area contributed by atoms with E-state index in [0.29, 0.717) is 13.0 Å². The van der Waals surface area contributed by atoms with Crippen LogP contribution in [0.4, 0.5) is 0 Å². The highest BCUT2D eigenvalue weighted by Crippen LogP contribution is 2.21. The highest BCUT2D eigenvalue weighted by Gasteiger charge is 2.19. The number of ether oxygens (including phenoxy) is 2. The second kappa shape index (κ2) is 38.1. The Morgan fingerprint density at radius 3 is 1.47 bits per heavy atom. The highest BCUT2D eigenvalue weighted by molar-refractivity contribution is 5.72. The molecule has 0 aromatic carbocycles. The van der Waals surface area contributed by atoms with Gasteiger partial charge in [-0.1, -0.05) is 156 Å². The summed E-state index contributed by atoms with van der Waals surface area (Å²) in [5.74, 6) is 0.120. The fourth-order valence-electron chi connectivity index (χ4n) is 6.79. The van der Waals surface area contributed by atoms with Crippen molar-refractivity contribution in [2.75, 3.05) is 32.8 Å². The lowest BCUT2D eigenvalue weighted by Gasteiger charge is -2.21. The van der Waals surface area contributed by atoms with Crippen LogP contribution in [0, 0.1) is 5.92 Å². The van der Waals surface area contributed by atoms with E-state index in [4.69, 9.17) is 9.47 Å². The molecule has 0 fully saturated rings. The Labute approximate surface area is 305 Å². The molecule has 0 amide bonds. The number of hydrogen-bond donors (Lipinski definition) is 1. The van der Waals surface area contributed by atoms with Crippen molar-refractivity contribution in [1.29, 1.82) is 0 Å². The Bertz CT molecular complexity index is 686. The van der Waals surface area contributed by atoms with Crippen molar-refractivity contribution < 1.29 is 24.2 Å². The number of rotatable bonds is 39. The van der Waals surface area contributed by atoms with Crippen molar-refractivity contribution in [3.63, 3.8) is 0 Å². The van der Waals surface area contributed by atoms with Gasteiger partial charge in [0.15, 0.2) is 0 Å². The van der Waals surface area contributed by atoms with Gasteiger partial charge in [-0.05, 0) is 71.4 Å². The first-order valence-electron chi connectivity index (χ1n) is 21.7. The van der Waals surface area contributed by atoms with E-state index in [1.165, 1.54) is 103 Å². The molecule has 0 aliphatic carbocycles. The first-order chi connectivity index (χ1) is 24.0. The summed E-state index contributed by atoms with van der Waals surface area (Å²) in [5, 5.41) is 9.54. The Balaban J connectivity index is 4.03. The van der Waals surface area contributed by atoms with E-state index in [2.05, 4.69) is 25.7 Å². The van der Waals surface area contributed by atoms with Crippen LogP contribution in [-0.4, -0.2) is 60.9 Å². The topological polar surface area (TPSA) is 76.1 Å². The van der Waals surface area contributed by atoms with E-state index in [1.807, 2.05) is 6.92 Å². The molecular formula is C43H85NO5. The third kappa shape index (κ3) is 33.7. The molecule has 0 rings (SSSR count). The van der Waals surface area contributed by atoms with Gasteiger partial charge in [-0.3, -0.25) is 9.59 Å². The molecule has 0 bridgehead atoms. The van der Waals surface area contributed by atoms with E-state index in [0.717, 1.165) is 103 Å². The number of aliphatic hydroxyl groups is 1. The summed E-state index contributed by atoms with van der Waals surface area (Å²) in [4.78, 5) is 27.4. The molecule has 0 aromatic heterocycles. The third-order valence-corrected chi connectivity index (χ3v) is 10.1. The molecule has 0 saturated carbocycles. The SMILES string of the molecule is CCCCCCCCC(CCCCCCCC)C(=O)OCCCCCCCN(CCO)CCCCCCC(C)OC(=O)CCCCCCC. The van der Waals surface area contributed by atoms with Gasteiger partial charge in [0, 0.05) is 13.0 Å². The third-order valence-electron chi connectivity index (χ3n) is 10.1. The molecule has 1 unspecified atom stereocenters. The molecule has 0 radical (unpaired) electrons. The zero-order chi connectivity index (χ0) is 36.0. The Hall–Kier alpha value is -1.14. The van der Waals surface area contributed by atoms with E-state index in [9.17, 15) is 14.7 Å². The fourth-order valence-corrected chi connectivity index (χ4v) is 6.79. The smallest absolute Gasteiger partial charge is 0.308 e.